The Morgan fingerprint density at radius 3 is 2.61 bits per heavy atom. The van der Waals surface area contributed by atoms with E-state index in [0.29, 0.717) is 24.6 Å². The lowest BCUT2D eigenvalue weighted by Gasteiger charge is -2.25. The molecule has 2 amide bonds. The Balaban J connectivity index is 1.36. The summed E-state index contributed by atoms with van der Waals surface area (Å²) in [6.45, 7) is 3.00. The molecule has 3 aromatic heterocycles. The molecule has 180 valence electrons. The van der Waals surface area contributed by atoms with E-state index in [4.69, 9.17) is 15.5 Å². The molecule has 11 heteroatoms. The maximum Gasteiger partial charge on any atom is 0.272 e. The number of anilines is 2. The number of benzene rings is 2. The number of ether oxygens (including phenoxy) is 1. The fraction of sp³-hybridized carbons (Fsp3) is 0.160. The lowest BCUT2D eigenvalue weighted by molar-refractivity contribution is 0.0993. The van der Waals surface area contributed by atoms with Gasteiger partial charge in [0.15, 0.2) is 16.5 Å². The SMILES string of the molecule is NC(=O)c1ncn2c(C(=O)Nc3ccc4nc(N5CCOCC5)sc4c3)cc(-c3ccccc3)nc12. The Morgan fingerprint density at radius 2 is 1.83 bits per heavy atom. The topological polar surface area (TPSA) is 128 Å². The second-order valence-corrected chi connectivity index (χ2v) is 9.29. The van der Waals surface area contributed by atoms with Crippen LogP contribution in [0.4, 0.5) is 10.8 Å². The molecule has 0 atom stereocenters. The molecule has 36 heavy (non-hydrogen) atoms. The highest BCUT2D eigenvalue weighted by Gasteiger charge is 2.20. The van der Waals surface area contributed by atoms with Crippen LogP contribution in [-0.2, 0) is 4.74 Å². The quantitative estimate of drug-likeness (QED) is 0.380. The number of nitrogens with one attached hydrogen (secondary N) is 1. The van der Waals surface area contributed by atoms with Gasteiger partial charge in [0.05, 0.1) is 29.1 Å². The number of aromatic nitrogens is 4. The van der Waals surface area contributed by atoms with Crippen LogP contribution in [0.15, 0.2) is 60.9 Å². The Hall–Kier alpha value is -4.35. The zero-order chi connectivity index (χ0) is 24.6. The number of primary amides is 1. The molecule has 0 saturated carbocycles. The average molecular weight is 500 g/mol. The van der Waals surface area contributed by atoms with Crippen molar-refractivity contribution in [2.24, 2.45) is 5.73 Å². The van der Waals surface area contributed by atoms with E-state index in [1.54, 1.807) is 17.4 Å². The van der Waals surface area contributed by atoms with Crippen molar-refractivity contribution in [3.63, 3.8) is 0 Å². The van der Waals surface area contributed by atoms with E-state index in [1.807, 2.05) is 48.5 Å². The Kier molecular flexibility index (Phi) is 5.55. The van der Waals surface area contributed by atoms with Crippen molar-refractivity contribution in [1.82, 2.24) is 19.4 Å². The summed E-state index contributed by atoms with van der Waals surface area (Å²) in [7, 11) is 0. The third-order valence-corrected chi connectivity index (χ3v) is 7.03. The van der Waals surface area contributed by atoms with Crippen LogP contribution >= 0.6 is 11.3 Å². The van der Waals surface area contributed by atoms with E-state index < -0.39 is 5.91 Å². The maximum absolute atomic E-state index is 13.4. The van der Waals surface area contributed by atoms with Crippen LogP contribution in [0, 0.1) is 0 Å². The highest BCUT2D eigenvalue weighted by Crippen LogP contribution is 2.31. The zero-order valence-electron chi connectivity index (χ0n) is 19.0. The number of thiazole rings is 1. The molecule has 3 N–H and O–H groups in total. The van der Waals surface area contributed by atoms with Crippen LogP contribution < -0.4 is 16.0 Å². The molecule has 0 unspecified atom stereocenters. The minimum atomic E-state index is -0.715. The van der Waals surface area contributed by atoms with Crippen molar-refractivity contribution in [2.45, 2.75) is 0 Å². The number of amides is 2. The molecule has 4 heterocycles. The van der Waals surface area contributed by atoms with Gasteiger partial charge in [-0.15, -0.1) is 0 Å². The van der Waals surface area contributed by atoms with Crippen molar-refractivity contribution in [3.8, 4) is 11.3 Å². The normalized spacial score (nSPS) is 13.8. The molecule has 1 aliphatic heterocycles. The van der Waals surface area contributed by atoms with E-state index in [9.17, 15) is 9.59 Å². The van der Waals surface area contributed by atoms with Gasteiger partial charge < -0.3 is 20.7 Å². The van der Waals surface area contributed by atoms with Gasteiger partial charge in [0.1, 0.15) is 12.0 Å². The van der Waals surface area contributed by atoms with Crippen LogP contribution in [-0.4, -0.2) is 57.5 Å². The van der Waals surface area contributed by atoms with E-state index in [-0.39, 0.29) is 22.9 Å². The largest absolute Gasteiger partial charge is 0.378 e. The van der Waals surface area contributed by atoms with Gasteiger partial charge >= 0.3 is 0 Å². The molecule has 1 fully saturated rings. The first kappa shape index (κ1) is 22.1. The van der Waals surface area contributed by atoms with Crippen LogP contribution in [0.2, 0.25) is 0 Å². The second-order valence-electron chi connectivity index (χ2n) is 8.28. The molecular formula is C25H21N7O3S. The smallest absolute Gasteiger partial charge is 0.272 e. The molecule has 10 nitrogen and oxygen atoms in total. The predicted octanol–water partition coefficient (Wildman–Crippen LogP) is 3.19. The summed E-state index contributed by atoms with van der Waals surface area (Å²) in [4.78, 5) is 41.0. The molecular weight excluding hydrogens is 478 g/mol. The van der Waals surface area contributed by atoms with Crippen LogP contribution in [0.3, 0.4) is 0 Å². The lowest BCUT2D eigenvalue weighted by atomic mass is 10.1. The number of fused-ring (bicyclic) bond motifs is 2. The van der Waals surface area contributed by atoms with Crippen molar-refractivity contribution in [1.29, 1.82) is 0 Å². The second kappa shape index (κ2) is 9.02. The van der Waals surface area contributed by atoms with E-state index >= 15 is 0 Å². The van der Waals surface area contributed by atoms with Crippen molar-refractivity contribution >= 4 is 49.8 Å². The minimum Gasteiger partial charge on any atom is -0.378 e. The summed E-state index contributed by atoms with van der Waals surface area (Å²) in [5.41, 5.74) is 8.84. The van der Waals surface area contributed by atoms with Gasteiger partial charge in [-0.1, -0.05) is 41.7 Å². The molecule has 1 saturated heterocycles. The lowest BCUT2D eigenvalue weighted by Crippen LogP contribution is -2.36. The number of hydrogen-bond acceptors (Lipinski definition) is 8. The van der Waals surface area contributed by atoms with Crippen LogP contribution in [0.1, 0.15) is 21.0 Å². The number of imidazole rings is 1. The van der Waals surface area contributed by atoms with Crippen LogP contribution in [0.25, 0.3) is 27.1 Å². The molecule has 0 aliphatic carbocycles. The summed E-state index contributed by atoms with van der Waals surface area (Å²) in [6, 6.07) is 16.7. The molecule has 6 rings (SSSR count). The Morgan fingerprint density at radius 1 is 1.03 bits per heavy atom. The van der Waals surface area contributed by atoms with E-state index in [2.05, 4.69) is 20.2 Å². The first-order chi connectivity index (χ1) is 17.6. The number of morpholine rings is 1. The van der Waals surface area contributed by atoms with Gasteiger partial charge in [-0.05, 0) is 24.3 Å². The third-order valence-electron chi connectivity index (χ3n) is 5.95. The van der Waals surface area contributed by atoms with Gasteiger partial charge in [0.2, 0.25) is 0 Å². The minimum absolute atomic E-state index is 0.00329. The average Bonchev–Trinajstić information content (AvgIpc) is 3.53. The number of nitrogens with two attached hydrogens (primary N) is 1. The van der Waals surface area contributed by atoms with Gasteiger partial charge in [0, 0.05) is 24.3 Å². The van der Waals surface area contributed by atoms with Gasteiger partial charge in [0.25, 0.3) is 11.8 Å². The van der Waals surface area contributed by atoms with Gasteiger partial charge in [-0.25, -0.2) is 15.0 Å². The summed E-state index contributed by atoms with van der Waals surface area (Å²) in [5, 5.41) is 3.90. The predicted molar refractivity (Wildman–Crippen MR) is 138 cm³/mol. The summed E-state index contributed by atoms with van der Waals surface area (Å²) in [5.74, 6) is -1.08. The highest BCUT2D eigenvalue weighted by molar-refractivity contribution is 7.22. The summed E-state index contributed by atoms with van der Waals surface area (Å²) < 4.78 is 7.88. The number of carbonyl (C=O) groups excluding carboxylic acids is 2. The van der Waals surface area contributed by atoms with E-state index in [1.165, 1.54) is 10.7 Å². The maximum atomic E-state index is 13.4. The molecule has 5 aromatic rings. The number of hydrogen-bond donors (Lipinski definition) is 2. The molecule has 0 spiro atoms. The summed E-state index contributed by atoms with van der Waals surface area (Å²) in [6.07, 6.45) is 1.38. The number of carbonyl (C=O) groups is 2. The number of nitrogens with zero attached hydrogens (tertiary/aromatic N) is 5. The molecule has 0 radical (unpaired) electrons. The molecule has 2 aromatic carbocycles. The highest BCUT2D eigenvalue weighted by atomic mass is 32.1. The van der Waals surface area contributed by atoms with Crippen molar-refractivity contribution < 1.29 is 14.3 Å². The monoisotopic (exact) mass is 499 g/mol. The van der Waals surface area contributed by atoms with E-state index in [0.717, 1.165) is 34.0 Å². The zero-order valence-corrected chi connectivity index (χ0v) is 19.9. The van der Waals surface area contributed by atoms with Gasteiger partial charge in [-0.2, -0.15) is 0 Å². The molecule has 0 bridgehead atoms. The fourth-order valence-corrected chi connectivity index (χ4v) is 5.21. The first-order valence-electron chi connectivity index (χ1n) is 11.3. The number of rotatable bonds is 5. The third kappa shape index (κ3) is 4.04. The molecule has 1 aliphatic rings. The standard InChI is InChI=1S/C25H21N7O3S/c26-22(33)21-23-29-18(15-4-2-1-3-5-15)13-19(32(23)14-27-21)24(34)28-16-6-7-17-20(12-16)36-25(30-17)31-8-10-35-11-9-31/h1-7,12-14H,8-11H2,(H2,26,33)(H,28,34). The summed E-state index contributed by atoms with van der Waals surface area (Å²) >= 11 is 1.58. The van der Waals surface area contributed by atoms with Crippen LogP contribution in [0.5, 0.6) is 0 Å². The Bertz CT molecular complexity index is 1610. The van der Waals surface area contributed by atoms with Gasteiger partial charge in [-0.3, -0.25) is 14.0 Å². The van der Waals surface area contributed by atoms with Crippen molar-refractivity contribution in [2.75, 3.05) is 36.5 Å². The first-order valence-corrected chi connectivity index (χ1v) is 12.2. The Labute approximate surface area is 209 Å². The fourth-order valence-electron chi connectivity index (χ4n) is 4.15. The van der Waals surface area contributed by atoms with Crippen molar-refractivity contribution in [3.05, 3.63) is 72.3 Å².